The van der Waals surface area contributed by atoms with Gasteiger partial charge in [-0.25, -0.2) is 14.4 Å². The summed E-state index contributed by atoms with van der Waals surface area (Å²) in [4.78, 5) is 33.9. The zero-order valence-electron chi connectivity index (χ0n) is 17.4. The van der Waals surface area contributed by atoms with E-state index in [4.69, 9.17) is 9.57 Å². The molecular formula is C25H21FN2O4. The average Bonchev–Trinajstić information content (AvgIpc) is 3.32. The van der Waals surface area contributed by atoms with Gasteiger partial charge in [-0.1, -0.05) is 36.4 Å². The minimum absolute atomic E-state index is 0.304. The topological polar surface area (TPSA) is 59.1 Å². The smallest absolute Gasteiger partial charge is 0.266 e. The molecule has 0 spiro atoms. The number of hydrogen-bond acceptors (Lipinski definition) is 5. The van der Waals surface area contributed by atoms with Gasteiger partial charge in [-0.15, -0.1) is 0 Å². The second kappa shape index (κ2) is 8.09. The summed E-state index contributed by atoms with van der Waals surface area (Å²) in [7, 11) is 0. The van der Waals surface area contributed by atoms with Gasteiger partial charge in [0.1, 0.15) is 17.5 Å². The van der Waals surface area contributed by atoms with Gasteiger partial charge in [0.2, 0.25) is 5.91 Å². The molecule has 2 amide bonds. The number of imide groups is 1. The summed E-state index contributed by atoms with van der Waals surface area (Å²) in [6.07, 6.45) is -1.04. The van der Waals surface area contributed by atoms with Gasteiger partial charge >= 0.3 is 0 Å². The second-order valence-corrected chi connectivity index (χ2v) is 7.62. The number of amides is 2. The third-order valence-electron chi connectivity index (χ3n) is 5.76. The molecule has 0 aromatic heterocycles. The van der Waals surface area contributed by atoms with Crippen LogP contribution in [0.1, 0.15) is 18.5 Å². The van der Waals surface area contributed by atoms with Gasteiger partial charge in [0, 0.05) is 5.56 Å². The fraction of sp³-hybridized carbons (Fsp3) is 0.200. The fourth-order valence-electron chi connectivity index (χ4n) is 4.36. The summed E-state index contributed by atoms with van der Waals surface area (Å²) in [5.74, 6) is -1.58. The highest BCUT2D eigenvalue weighted by Crippen LogP contribution is 2.48. The van der Waals surface area contributed by atoms with E-state index in [1.54, 1.807) is 54.6 Å². The van der Waals surface area contributed by atoms with Crippen molar-refractivity contribution in [1.82, 2.24) is 0 Å². The number of para-hydroxylation sites is 1. The number of hydroxylamine groups is 1. The van der Waals surface area contributed by atoms with Gasteiger partial charge in [-0.3, -0.25) is 14.4 Å². The highest BCUT2D eigenvalue weighted by molar-refractivity contribution is 6.23. The zero-order chi connectivity index (χ0) is 22.2. The van der Waals surface area contributed by atoms with Gasteiger partial charge in [-0.05, 0) is 49.4 Å². The maximum Gasteiger partial charge on any atom is 0.266 e. The molecule has 2 fully saturated rings. The molecule has 0 saturated carbocycles. The molecule has 6 nitrogen and oxygen atoms in total. The number of hydrogen-bond donors (Lipinski definition) is 0. The van der Waals surface area contributed by atoms with E-state index in [0.717, 1.165) is 4.90 Å². The summed E-state index contributed by atoms with van der Waals surface area (Å²) in [6.45, 7) is 2.39. The first kappa shape index (κ1) is 20.2. The Hall–Kier alpha value is -3.71. The third-order valence-corrected chi connectivity index (χ3v) is 5.76. The first-order valence-corrected chi connectivity index (χ1v) is 10.5. The lowest BCUT2D eigenvalue weighted by Gasteiger charge is -2.29. The van der Waals surface area contributed by atoms with Crippen LogP contribution in [0.15, 0.2) is 78.9 Å². The molecule has 0 aliphatic carbocycles. The molecule has 162 valence electrons. The van der Waals surface area contributed by atoms with Crippen LogP contribution in [-0.2, 0) is 14.4 Å². The number of nitrogens with zero attached hydrogens (tertiary/aromatic N) is 2. The quantitative estimate of drug-likeness (QED) is 0.564. The number of ether oxygens (including phenoxy) is 1. The zero-order valence-corrected chi connectivity index (χ0v) is 17.4. The van der Waals surface area contributed by atoms with Gasteiger partial charge < -0.3 is 4.74 Å². The molecular weight excluding hydrogens is 411 g/mol. The standard InChI is InChI=1S/C25H21FN2O4/c1-2-31-18-14-12-16(13-15-18)27-24(29)21-22(19-10-6-7-11-20(19)26)28(32-23(21)25(27)30)17-8-4-3-5-9-17/h3-15,21-23H,2H2,1H3/t21-,22-,23+/m1/s1. The minimum Gasteiger partial charge on any atom is -0.494 e. The lowest BCUT2D eigenvalue weighted by molar-refractivity contribution is -0.126. The van der Waals surface area contributed by atoms with Gasteiger partial charge in [0.05, 0.1) is 24.0 Å². The highest BCUT2D eigenvalue weighted by atomic mass is 19.1. The number of halogens is 1. The molecule has 2 saturated heterocycles. The van der Waals surface area contributed by atoms with Crippen LogP contribution in [0.25, 0.3) is 0 Å². The maximum absolute atomic E-state index is 14.8. The van der Waals surface area contributed by atoms with E-state index < -0.39 is 35.7 Å². The van der Waals surface area contributed by atoms with E-state index in [2.05, 4.69) is 0 Å². The third kappa shape index (κ3) is 3.22. The molecule has 3 aromatic carbocycles. The number of rotatable bonds is 5. The van der Waals surface area contributed by atoms with Gasteiger partial charge in [0.15, 0.2) is 6.10 Å². The number of carbonyl (C=O) groups is 2. The SMILES string of the molecule is CCOc1ccc(N2C(=O)[C@H]3[C@H](ON(c4ccccc4)[C@@H]3c3ccccc3F)C2=O)cc1. The average molecular weight is 432 g/mol. The fourth-order valence-corrected chi connectivity index (χ4v) is 4.36. The van der Waals surface area contributed by atoms with E-state index >= 15 is 0 Å². The van der Waals surface area contributed by atoms with Crippen molar-refractivity contribution in [3.05, 3.63) is 90.2 Å². The highest BCUT2D eigenvalue weighted by Gasteiger charge is 2.60. The molecule has 32 heavy (non-hydrogen) atoms. The van der Waals surface area contributed by atoms with Crippen LogP contribution in [0.5, 0.6) is 5.75 Å². The predicted octanol–water partition coefficient (Wildman–Crippen LogP) is 4.28. The maximum atomic E-state index is 14.8. The van der Waals surface area contributed by atoms with Crippen molar-refractivity contribution >= 4 is 23.2 Å². The van der Waals surface area contributed by atoms with Crippen molar-refractivity contribution in [1.29, 1.82) is 0 Å². The van der Waals surface area contributed by atoms with Gasteiger partial charge in [-0.2, -0.15) is 0 Å². The molecule has 2 heterocycles. The summed E-state index contributed by atoms with van der Waals surface area (Å²) in [6, 6.07) is 21.3. The number of benzene rings is 3. The van der Waals surface area contributed by atoms with Crippen molar-refractivity contribution < 1.29 is 23.6 Å². The van der Waals surface area contributed by atoms with Crippen LogP contribution in [0.3, 0.4) is 0 Å². The largest absolute Gasteiger partial charge is 0.494 e. The Balaban J connectivity index is 1.55. The lowest BCUT2D eigenvalue weighted by Crippen LogP contribution is -2.37. The van der Waals surface area contributed by atoms with E-state index in [1.165, 1.54) is 11.1 Å². The Kier molecular flexibility index (Phi) is 5.11. The molecule has 0 radical (unpaired) electrons. The van der Waals surface area contributed by atoms with E-state index in [0.29, 0.717) is 29.3 Å². The predicted molar refractivity (Wildman–Crippen MR) is 117 cm³/mol. The monoisotopic (exact) mass is 432 g/mol. The lowest BCUT2D eigenvalue weighted by atomic mass is 9.90. The van der Waals surface area contributed by atoms with Crippen LogP contribution < -0.4 is 14.7 Å². The molecule has 0 bridgehead atoms. The molecule has 3 atom stereocenters. The Bertz CT molecular complexity index is 1150. The second-order valence-electron chi connectivity index (χ2n) is 7.62. The Morgan fingerprint density at radius 3 is 2.25 bits per heavy atom. The number of carbonyl (C=O) groups excluding carboxylic acids is 2. The van der Waals surface area contributed by atoms with Crippen LogP contribution in [-0.4, -0.2) is 24.5 Å². The summed E-state index contributed by atoms with van der Waals surface area (Å²) in [5, 5.41) is 1.49. The normalized spacial score (nSPS) is 22.4. The van der Waals surface area contributed by atoms with Crippen LogP contribution in [0.2, 0.25) is 0 Å². The molecule has 0 N–H and O–H groups in total. The van der Waals surface area contributed by atoms with Crippen LogP contribution in [0, 0.1) is 11.7 Å². The first-order chi connectivity index (χ1) is 15.6. The first-order valence-electron chi connectivity index (χ1n) is 10.5. The Morgan fingerprint density at radius 1 is 0.875 bits per heavy atom. The summed E-state index contributed by atoms with van der Waals surface area (Å²) in [5.41, 5.74) is 1.38. The van der Waals surface area contributed by atoms with Crippen LogP contribution in [0.4, 0.5) is 15.8 Å². The molecule has 2 aliphatic heterocycles. The molecule has 7 heteroatoms. The van der Waals surface area contributed by atoms with Crippen molar-refractivity contribution in [2.24, 2.45) is 5.92 Å². The summed E-state index contributed by atoms with van der Waals surface area (Å²) < 4.78 is 20.3. The van der Waals surface area contributed by atoms with E-state index in [9.17, 15) is 14.0 Å². The minimum atomic E-state index is -1.04. The summed E-state index contributed by atoms with van der Waals surface area (Å²) >= 11 is 0. The molecule has 5 rings (SSSR count). The van der Waals surface area contributed by atoms with Crippen molar-refractivity contribution in [3.63, 3.8) is 0 Å². The van der Waals surface area contributed by atoms with E-state index in [-0.39, 0.29) is 0 Å². The van der Waals surface area contributed by atoms with Gasteiger partial charge in [0.25, 0.3) is 5.91 Å². The van der Waals surface area contributed by atoms with Crippen molar-refractivity contribution in [2.45, 2.75) is 19.1 Å². The molecule has 3 aromatic rings. The number of anilines is 2. The van der Waals surface area contributed by atoms with Crippen molar-refractivity contribution in [2.75, 3.05) is 16.6 Å². The van der Waals surface area contributed by atoms with Crippen LogP contribution >= 0.6 is 0 Å². The Morgan fingerprint density at radius 2 is 1.56 bits per heavy atom. The molecule has 0 unspecified atom stereocenters. The van der Waals surface area contributed by atoms with E-state index in [1.807, 2.05) is 25.1 Å². The van der Waals surface area contributed by atoms with Crippen molar-refractivity contribution in [3.8, 4) is 5.75 Å². The molecule has 2 aliphatic rings. The number of fused-ring (bicyclic) bond motifs is 1. The Labute approximate surface area is 184 Å².